The van der Waals surface area contributed by atoms with Crippen molar-refractivity contribution in [3.8, 4) is 0 Å². The number of amides is 1. The van der Waals surface area contributed by atoms with Crippen molar-refractivity contribution in [2.75, 3.05) is 6.54 Å². The van der Waals surface area contributed by atoms with Crippen molar-refractivity contribution in [1.29, 1.82) is 0 Å². The molecule has 22 heavy (non-hydrogen) atoms. The quantitative estimate of drug-likeness (QED) is 0.915. The van der Waals surface area contributed by atoms with E-state index in [0.717, 1.165) is 11.3 Å². The molecule has 6 heteroatoms. The third-order valence-corrected chi connectivity index (χ3v) is 3.87. The van der Waals surface area contributed by atoms with Crippen molar-refractivity contribution >= 4 is 17.5 Å². The summed E-state index contributed by atoms with van der Waals surface area (Å²) in [5.74, 6) is -0.127. The van der Waals surface area contributed by atoms with E-state index < -0.39 is 0 Å². The molecular weight excluding hydrogens is 302 g/mol. The number of aromatic nitrogens is 2. The first-order valence-electron chi connectivity index (χ1n) is 7.02. The zero-order valence-corrected chi connectivity index (χ0v) is 13.4. The summed E-state index contributed by atoms with van der Waals surface area (Å²) in [7, 11) is 0. The van der Waals surface area contributed by atoms with Gasteiger partial charge in [0.15, 0.2) is 0 Å². The van der Waals surface area contributed by atoms with Crippen LogP contribution < -0.4 is 10.9 Å². The lowest BCUT2D eigenvalue weighted by Gasteiger charge is -2.09. The van der Waals surface area contributed by atoms with E-state index in [2.05, 4.69) is 10.3 Å². The van der Waals surface area contributed by atoms with Crippen LogP contribution in [0.1, 0.15) is 16.8 Å². The van der Waals surface area contributed by atoms with Crippen LogP contribution in [0.3, 0.4) is 0 Å². The Hall–Kier alpha value is -2.14. The van der Waals surface area contributed by atoms with Gasteiger partial charge >= 0.3 is 0 Å². The summed E-state index contributed by atoms with van der Waals surface area (Å²) in [5.41, 5.74) is 2.06. The van der Waals surface area contributed by atoms with Gasteiger partial charge in [-0.2, -0.15) is 0 Å². The van der Waals surface area contributed by atoms with E-state index in [9.17, 15) is 9.59 Å². The van der Waals surface area contributed by atoms with Gasteiger partial charge in [0.1, 0.15) is 0 Å². The fourth-order valence-electron chi connectivity index (χ4n) is 2.03. The molecule has 1 heterocycles. The third kappa shape index (κ3) is 3.95. The molecule has 2 rings (SSSR count). The Balaban J connectivity index is 1.89. The van der Waals surface area contributed by atoms with Gasteiger partial charge in [-0.05, 0) is 25.5 Å². The zero-order chi connectivity index (χ0) is 16.1. The molecule has 0 aliphatic rings. The molecule has 116 valence electrons. The van der Waals surface area contributed by atoms with E-state index in [1.165, 1.54) is 10.9 Å². The minimum Gasteiger partial charge on any atom is -0.354 e. The lowest BCUT2D eigenvalue weighted by molar-refractivity contribution is -0.120. The van der Waals surface area contributed by atoms with Gasteiger partial charge < -0.3 is 5.32 Å². The molecule has 0 aliphatic heterocycles. The van der Waals surface area contributed by atoms with Crippen LogP contribution in [0.2, 0.25) is 5.02 Å². The molecular formula is C16H18ClN3O2. The molecule has 1 amide bonds. The number of aryl methyl sites for hydroxylation is 1. The molecule has 1 aromatic heterocycles. The molecule has 5 nitrogen and oxygen atoms in total. The average molecular weight is 320 g/mol. The van der Waals surface area contributed by atoms with Crippen LogP contribution in [0.25, 0.3) is 0 Å². The second-order valence-electron chi connectivity index (χ2n) is 5.07. The van der Waals surface area contributed by atoms with E-state index in [0.29, 0.717) is 23.7 Å². The van der Waals surface area contributed by atoms with Crippen LogP contribution in [0, 0.1) is 13.8 Å². The number of hydrogen-bond acceptors (Lipinski definition) is 3. The van der Waals surface area contributed by atoms with Crippen molar-refractivity contribution in [3.63, 3.8) is 0 Å². The zero-order valence-electron chi connectivity index (χ0n) is 12.6. The average Bonchev–Trinajstić information content (AvgIpc) is 2.50. The second kappa shape index (κ2) is 7.22. The highest BCUT2D eigenvalue weighted by atomic mass is 35.5. The van der Waals surface area contributed by atoms with Crippen LogP contribution in [0.5, 0.6) is 0 Å². The Morgan fingerprint density at radius 1 is 1.32 bits per heavy atom. The van der Waals surface area contributed by atoms with Gasteiger partial charge in [0, 0.05) is 29.4 Å². The summed E-state index contributed by atoms with van der Waals surface area (Å²) in [4.78, 5) is 28.0. The summed E-state index contributed by atoms with van der Waals surface area (Å²) in [6.45, 7) is 4.30. The predicted molar refractivity (Wildman–Crippen MR) is 86.1 cm³/mol. The van der Waals surface area contributed by atoms with Gasteiger partial charge in [-0.3, -0.25) is 14.2 Å². The topological polar surface area (TPSA) is 64.0 Å². The maximum absolute atomic E-state index is 12.0. The molecule has 0 spiro atoms. The van der Waals surface area contributed by atoms with Gasteiger partial charge in [-0.1, -0.05) is 29.8 Å². The lowest BCUT2D eigenvalue weighted by Crippen LogP contribution is -2.32. The van der Waals surface area contributed by atoms with Gasteiger partial charge in [-0.15, -0.1) is 0 Å². The number of benzene rings is 1. The van der Waals surface area contributed by atoms with Crippen LogP contribution in [-0.4, -0.2) is 22.0 Å². The molecule has 0 bridgehead atoms. The van der Waals surface area contributed by atoms with E-state index in [1.807, 2.05) is 18.2 Å². The van der Waals surface area contributed by atoms with Crippen LogP contribution in [0.15, 0.2) is 35.4 Å². The number of carbonyl (C=O) groups is 1. The van der Waals surface area contributed by atoms with E-state index in [1.54, 1.807) is 19.9 Å². The van der Waals surface area contributed by atoms with Gasteiger partial charge in [-0.25, -0.2) is 4.98 Å². The Morgan fingerprint density at radius 3 is 2.77 bits per heavy atom. The van der Waals surface area contributed by atoms with Gasteiger partial charge in [0.05, 0.1) is 12.7 Å². The third-order valence-electron chi connectivity index (χ3n) is 3.50. The molecule has 0 atom stereocenters. The minimum absolute atomic E-state index is 0.0761. The van der Waals surface area contributed by atoms with Crippen molar-refractivity contribution in [2.24, 2.45) is 0 Å². The second-order valence-corrected chi connectivity index (χ2v) is 5.48. The number of rotatable bonds is 5. The smallest absolute Gasteiger partial charge is 0.256 e. The van der Waals surface area contributed by atoms with E-state index >= 15 is 0 Å². The maximum atomic E-state index is 12.0. The van der Waals surface area contributed by atoms with Crippen molar-refractivity contribution in [1.82, 2.24) is 14.9 Å². The van der Waals surface area contributed by atoms with Crippen LogP contribution in [-0.2, 0) is 17.8 Å². The number of nitrogens with zero attached hydrogens (tertiary/aromatic N) is 2. The Morgan fingerprint density at radius 2 is 2.05 bits per heavy atom. The monoisotopic (exact) mass is 319 g/mol. The van der Waals surface area contributed by atoms with Gasteiger partial charge in [0.25, 0.3) is 5.56 Å². The molecule has 0 saturated heterocycles. The summed E-state index contributed by atoms with van der Waals surface area (Å²) in [5, 5.41) is 3.36. The van der Waals surface area contributed by atoms with Crippen molar-refractivity contribution in [2.45, 2.75) is 26.8 Å². The summed E-state index contributed by atoms with van der Waals surface area (Å²) in [6, 6.07) is 7.24. The molecule has 1 aromatic carbocycles. The van der Waals surface area contributed by atoms with E-state index in [-0.39, 0.29) is 17.9 Å². The van der Waals surface area contributed by atoms with Crippen molar-refractivity contribution < 1.29 is 4.79 Å². The van der Waals surface area contributed by atoms with Gasteiger partial charge in [0.2, 0.25) is 5.91 Å². The Labute approximate surface area is 134 Å². The Kier molecular flexibility index (Phi) is 5.33. The fraction of sp³-hybridized carbons (Fsp3) is 0.312. The highest BCUT2D eigenvalue weighted by Crippen LogP contribution is 2.15. The van der Waals surface area contributed by atoms with Crippen LogP contribution in [0.4, 0.5) is 0 Å². The summed E-state index contributed by atoms with van der Waals surface area (Å²) < 4.78 is 1.50. The van der Waals surface area contributed by atoms with Crippen LogP contribution >= 0.6 is 11.6 Å². The number of halogens is 1. The largest absolute Gasteiger partial charge is 0.354 e. The lowest BCUT2D eigenvalue weighted by atomic mass is 10.1. The first-order chi connectivity index (χ1) is 10.5. The predicted octanol–water partition coefficient (Wildman–Crippen LogP) is 1.87. The highest BCUT2D eigenvalue weighted by Gasteiger charge is 2.07. The molecule has 0 fully saturated rings. The highest BCUT2D eigenvalue weighted by molar-refractivity contribution is 6.31. The Bertz CT molecular complexity index is 740. The normalized spacial score (nSPS) is 10.5. The minimum atomic E-state index is -0.127. The van der Waals surface area contributed by atoms with E-state index in [4.69, 9.17) is 11.6 Å². The number of hydrogen-bond donors (Lipinski definition) is 1. The van der Waals surface area contributed by atoms with Crippen molar-refractivity contribution in [3.05, 3.63) is 62.8 Å². The molecule has 0 unspecified atom stereocenters. The summed E-state index contributed by atoms with van der Waals surface area (Å²) in [6.07, 6.45) is 1.73. The molecule has 1 N–H and O–H groups in total. The fourth-order valence-corrected chi connectivity index (χ4v) is 2.23. The number of carbonyl (C=O) groups excluding carboxylic acids is 1. The molecule has 0 saturated carbocycles. The molecule has 0 radical (unpaired) electrons. The first-order valence-corrected chi connectivity index (χ1v) is 7.39. The maximum Gasteiger partial charge on any atom is 0.256 e. The molecule has 0 aliphatic carbocycles. The first kappa shape index (κ1) is 16.2. The summed E-state index contributed by atoms with van der Waals surface area (Å²) >= 11 is 6.02. The SMILES string of the molecule is Cc1ncn(CCNC(=O)Cc2ccccc2Cl)c(=O)c1C. The standard InChI is InChI=1S/C16H18ClN3O2/c1-11-12(2)19-10-20(16(11)22)8-7-18-15(21)9-13-5-3-4-6-14(13)17/h3-6,10H,7-9H2,1-2H3,(H,18,21). The molecule has 2 aromatic rings. The number of nitrogens with one attached hydrogen (secondary N) is 1.